The minimum absolute atomic E-state index is 0.157. The van der Waals surface area contributed by atoms with Crippen LogP contribution in [0.4, 0.5) is 13.2 Å². The molecule has 142 valence electrons. The Morgan fingerprint density at radius 2 is 1.81 bits per heavy atom. The van der Waals surface area contributed by atoms with Crippen molar-refractivity contribution in [2.75, 3.05) is 13.1 Å². The third-order valence-corrected chi connectivity index (χ3v) is 4.42. The fraction of sp³-hybridized carbons (Fsp3) is 0.353. The van der Waals surface area contributed by atoms with Crippen LogP contribution in [0.25, 0.3) is 5.95 Å². The molecule has 1 aliphatic rings. The number of piperidine rings is 1. The third-order valence-electron chi connectivity index (χ3n) is 4.42. The van der Waals surface area contributed by atoms with Crippen molar-refractivity contribution in [3.63, 3.8) is 0 Å². The summed E-state index contributed by atoms with van der Waals surface area (Å²) in [6.45, 7) is 4.40. The third kappa shape index (κ3) is 3.88. The number of carbonyl (C=O) groups excluding carboxylic acids is 1. The fourth-order valence-electron chi connectivity index (χ4n) is 2.96. The van der Waals surface area contributed by atoms with E-state index in [1.54, 1.807) is 4.90 Å². The average molecular weight is 379 g/mol. The van der Waals surface area contributed by atoms with Gasteiger partial charge in [-0.3, -0.25) is 14.6 Å². The van der Waals surface area contributed by atoms with E-state index in [9.17, 15) is 22.8 Å². The van der Waals surface area contributed by atoms with Crippen molar-refractivity contribution >= 4 is 5.91 Å². The topological polar surface area (TPSA) is 81.0 Å². The Morgan fingerprint density at radius 1 is 1.19 bits per heavy atom. The van der Waals surface area contributed by atoms with E-state index >= 15 is 0 Å². The summed E-state index contributed by atoms with van der Waals surface area (Å²) in [5, 5.41) is 0. The summed E-state index contributed by atoms with van der Waals surface area (Å²) >= 11 is 0. The Morgan fingerprint density at radius 3 is 2.37 bits per heavy atom. The molecule has 27 heavy (non-hydrogen) atoms. The van der Waals surface area contributed by atoms with E-state index in [0.717, 1.165) is 4.57 Å². The standard InChI is InChI=1S/C17H16F3N5O2/c1-2-13(26)24-6-3-11(4-7-24)14-15(27)25(8-5-21-14)16-22-9-12(10-23-16)17(18,19)20/h2,5,8-11H,1,3-4,6-7H2. The van der Waals surface area contributed by atoms with E-state index in [4.69, 9.17) is 0 Å². The number of aromatic nitrogens is 4. The largest absolute Gasteiger partial charge is 0.419 e. The highest BCUT2D eigenvalue weighted by molar-refractivity contribution is 5.87. The first-order valence-electron chi connectivity index (χ1n) is 8.19. The molecule has 0 bridgehead atoms. The van der Waals surface area contributed by atoms with Gasteiger partial charge in [0, 0.05) is 43.8 Å². The Bertz CT molecular complexity index is 900. The van der Waals surface area contributed by atoms with Crippen molar-refractivity contribution in [1.29, 1.82) is 0 Å². The van der Waals surface area contributed by atoms with Crippen LogP contribution in [0, 0.1) is 0 Å². The van der Waals surface area contributed by atoms with Gasteiger partial charge in [-0.15, -0.1) is 0 Å². The summed E-state index contributed by atoms with van der Waals surface area (Å²) in [6, 6.07) is 0. The average Bonchev–Trinajstić information content (AvgIpc) is 2.67. The molecule has 0 saturated carbocycles. The lowest BCUT2D eigenvalue weighted by atomic mass is 9.93. The fourth-order valence-corrected chi connectivity index (χ4v) is 2.96. The van der Waals surface area contributed by atoms with Crippen molar-refractivity contribution < 1.29 is 18.0 Å². The summed E-state index contributed by atoms with van der Waals surface area (Å²) < 4.78 is 39.0. The second kappa shape index (κ2) is 7.29. The van der Waals surface area contributed by atoms with Crippen LogP contribution >= 0.6 is 0 Å². The first-order chi connectivity index (χ1) is 12.8. The number of rotatable bonds is 3. The molecule has 0 N–H and O–H groups in total. The van der Waals surface area contributed by atoms with Gasteiger partial charge in [-0.25, -0.2) is 14.5 Å². The molecular weight excluding hydrogens is 363 g/mol. The van der Waals surface area contributed by atoms with Crippen molar-refractivity contribution in [2.45, 2.75) is 24.9 Å². The molecule has 0 aliphatic carbocycles. The molecule has 0 atom stereocenters. The van der Waals surface area contributed by atoms with E-state index in [1.807, 2.05) is 0 Å². The lowest BCUT2D eigenvalue weighted by Gasteiger charge is -2.30. The predicted molar refractivity (Wildman–Crippen MR) is 89.2 cm³/mol. The Labute approximate surface area is 152 Å². The summed E-state index contributed by atoms with van der Waals surface area (Å²) in [4.78, 5) is 37.5. The van der Waals surface area contributed by atoms with E-state index in [0.29, 0.717) is 38.3 Å². The molecule has 2 aromatic rings. The lowest BCUT2D eigenvalue weighted by Crippen LogP contribution is -2.38. The first kappa shape index (κ1) is 18.7. The number of likely N-dealkylation sites (tertiary alicyclic amines) is 1. The summed E-state index contributed by atoms with van der Waals surface area (Å²) in [5.41, 5.74) is -1.19. The molecule has 0 radical (unpaired) electrons. The Balaban J connectivity index is 1.84. The normalized spacial score (nSPS) is 15.6. The van der Waals surface area contributed by atoms with Crippen LogP contribution in [0.5, 0.6) is 0 Å². The molecule has 3 heterocycles. The van der Waals surface area contributed by atoms with Gasteiger partial charge >= 0.3 is 6.18 Å². The molecule has 0 aromatic carbocycles. The van der Waals surface area contributed by atoms with E-state index in [1.165, 1.54) is 18.5 Å². The minimum Gasteiger partial charge on any atom is -0.339 e. The number of hydrogen-bond acceptors (Lipinski definition) is 5. The summed E-state index contributed by atoms with van der Waals surface area (Å²) in [6.07, 6.45) is 1.77. The van der Waals surface area contributed by atoms with E-state index in [2.05, 4.69) is 21.5 Å². The highest BCUT2D eigenvalue weighted by Crippen LogP contribution is 2.28. The van der Waals surface area contributed by atoms with Crippen LogP contribution in [0.15, 0.2) is 42.2 Å². The van der Waals surface area contributed by atoms with Crippen LogP contribution < -0.4 is 5.56 Å². The SMILES string of the molecule is C=CC(=O)N1CCC(c2nccn(-c3ncc(C(F)(F)F)cn3)c2=O)CC1. The number of amides is 1. The van der Waals surface area contributed by atoms with Crippen LogP contribution in [0.2, 0.25) is 0 Å². The summed E-state index contributed by atoms with van der Waals surface area (Å²) in [5.74, 6) is -0.478. The van der Waals surface area contributed by atoms with Gasteiger partial charge in [0.05, 0.1) is 5.56 Å². The second-order valence-corrected chi connectivity index (χ2v) is 6.06. The van der Waals surface area contributed by atoms with Crippen LogP contribution in [-0.2, 0) is 11.0 Å². The number of alkyl halides is 3. The number of nitrogens with zero attached hydrogens (tertiary/aromatic N) is 5. The monoisotopic (exact) mass is 379 g/mol. The molecule has 3 rings (SSSR count). The summed E-state index contributed by atoms with van der Waals surface area (Å²) in [7, 11) is 0. The number of carbonyl (C=O) groups is 1. The zero-order chi connectivity index (χ0) is 19.6. The van der Waals surface area contributed by atoms with Crippen molar-refractivity contribution in [3.05, 3.63) is 59.1 Å². The van der Waals surface area contributed by atoms with Gasteiger partial charge in [-0.2, -0.15) is 13.2 Å². The quantitative estimate of drug-likeness (QED) is 0.762. The molecule has 1 amide bonds. The van der Waals surface area contributed by atoms with Crippen molar-refractivity contribution in [3.8, 4) is 5.95 Å². The van der Waals surface area contributed by atoms with Gasteiger partial charge in [-0.05, 0) is 18.9 Å². The molecule has 0 unspecified atom stereocenters. The highest BCUT2D eigenvalue weighted by Gasteiger charge is 2.31. The maximum atomic E-state index is 12.7. The van der Waals surface area contributed by atoms with Gasteiger partial charge in [0.15, 0.2) is 0 Å². The molecular formula is C17H16F3N5O2. The molecule has 1 saturated heterocycles. The molecule has 1 fully saturated rings. The van der Waals surface area contributed by atoms with E-state index < -0.39 is 17.3 Å². The second-order valence-electron chi connectivity index (χ2n) is 6.06. The van der Waals surface area contributed by atoms with Crippen LogP contribution in [0.3, 0.4) is 0 Å². The molecule has 10 heteroatoms. The molecule has 1 aliphatic heterocycles. The number of halogens is 3. The van der Waals surface area contributed by atoms with Crippen molar-refractivity contribution in [2.24, 2.45) is 0 Å². The van der Waals surface area contributed by atoms with Gasteiger partial charge < -0.3 is 4.90 Å². The zero-order valence-corrected chi connectivity index (χ0v) is 14.2. The van der Waals surface area contributed by atoms with Gasteiger partial charge in [0.25, 0.3) is 5.56 Å². The molecule has 2 aromatic heterocycles. The van der Waals surface area contributed by atoms with Gasteiger partial charge in [0.2, 0.25) is 11.9 Å². The molecule has 7 nitrogen and oxygen atoms in total. The smallest absolute Gasteiger partial charge is 0.339 e. The highest BCUT2D eigenvalue weighted by atomic mass is 19.4. The van der Waals surface area contributed by atoms with Gasteiger partial charge in [-0.1, -0.05) is 6.58 Å². The Hall–Kier alpha value is -3.04. The van der Waals surface area contributed by atoms with Crippen molar-refractivity contribution in [1.82, 2.24) is 24.4 Å². The minimum atomic E-state index is -4.55. The Kier molecular flexibility index (Phi) is 5.06. The van der Waals surface area contributed by atoms with Crippen LogP contribution in [0.1, 0.15) is 30.0 Å². The predicted octanol–water partition coefficient (Wildman–Crippen LogP) is 1.93. The number of hydrogen-bond donors (Lipinski definition) is 0. The maximum Gasteiger partial charge on any atom is 0.419 e. The van der Waals surface area contributed by atoms with Gasteiger partial charge in [0.1, 0.15) is 5.69 Å². The lowest BCUT2D eigenvalue weighted by molar-refractivity contribution is -0.138. The van der Waals surface area contributed by atoms with Crippen LogP contribution in [-0.4, -0.2) is 43.4 Å². The first-order valence-corrected chi connectivity index (χ1v) is 8.19. The zero-order valence-electron chi connectivity index (χ0n) is 14.2. The van der Waals surface area contributed by atoms with E-state index in [-0.39, 0.29) is 23.5 Å². The maximum absolute atomic E-state index is 12.7. The molecule has 0 spiro atoms.